The molecule has 1 heterocycles. The van der Waals surface area contributed by atoms with E-state index in [1.54, 1.807) is 0 Å². The first-order chi connectivity index (χ1) is 12.8. The van der Waals surface area contributed by atoms with Gasteiger partial charge in [-0.3, -0.25) is 0 Å². The van der Waals surface area contributed by atoms with Crippen molar-refractivity contribution < 1.29 is 4.74 Å². The molecular formula is C25H20O. The van der Waals surface area contributed by atoms with Gasteiger partial charge in [0, 0.05) is 11.1 Å². The van der Waals surface area contributed by atoms with Gasteiger partial charge in [-0.25, -0.2) is 0 Å². The fourth-order valence-electron chi connectivity index (χ4n) is 4.76. The lowest BCUT2D eigenvalue weighted by Gasteiger charge is -2.41. The predicted octanol–water partition coefficient (Wildman–Crippen LogP) is 6.24. The molecule has 3 aromatic rings. The van der Waals surface area contributed by atoms with E-state index < -0.39 is 0 Å². The first-order valence-electron chi connectivity index (χ1n) is 9.12. The van der Waals surface area contributed by atoms with E-state index in [1.807, 2.05) is 13.0 Å². The van der Waals surface area contributed by atoms with E-state index in [0.29, 0.717) is 0 Å². The molecule has 0 saturated heterocycles. The molecule has 2 aliphatic rings. The Kier molecular flexibility index (Phi) is 3.20. The molecule has 1 heteroatoms. The van der Waals surface area contributed by atoms with E-state index >= 15 is 0 Å². The quantitative estimate of drug-likeness (QED) is 0.472. The zero-order chi connectivity index (χ0) is 17.7. The first kappa shape index (κ1) is 15.2. The number of fused-ring (bicyclic) bond motifs is 7. The Bertz CT molecular complexity index is 1040. The predicted molar refractivity (Wildman–Crippen MR) is 106 cm³/mol. The Morgan fingerprint density at radius 3 is 1.77 bits per heavy atom. The van der Waals surface area contributed by atoms with E-state index in [2.05, 4.69) is 85.8 Å². The molecule has 1 nitrogen and oxygen atoms in total. The molecular weight excluding hydrogens is 316 g/mol. The van der Waals surface area contributed by atoms with Gasteiger partial charge in [0.2, 0.25) is 0 Å². The molecule has 0 N–H and O–H groups in total. The molecule has 1 aliphatic heterocycles. The van der Waals surface area contributed by atoms with Crippen molar-refractivity contribution in [1.29, 1.82) is 0 Å². The fraction of sp³-hybridized carbons (Fsp3) is 0.120. The number of para-hydroxylation sites is 1. The Morgan fingerprint density at radius 1 is 0.654 bits per heavy atom. The normalized spacial score (nSPS) is 19.2. The van der Waals surface area contributed by atoms with Crippen molar-refractivity contribution in [3.63, 3.8) is 0 Å². The number of rotatable bonds is 0. The van der Waals surface area contributed by atoms with Crippen LogP contribution in [0.2, 0.25) is 0 Å². The zero-order valence-electron chi connectivity index (χ0n) is 15.0. The summed E-state index contributed by atoms with van der Waals surface area (Å²) in [4.78, 5) is 0. The van der Waals surface area contributed by atoms with Crippen LogP contribution in [0.25, 0.3) is 11.1 Å². The second-order valence-corrected chi connectivity index (χ2v) is 6.79. The van der Waals surface area contributed by atoms with Crippen molar-refractivity contribution in [1.82, 2.24) is 0 Å². The van der Waals surface area contributed by atoms with Gasteiger partial charge in [-0.1, -0.05) is 72.8 Å². The smallest absolute Gasteiger partial charge is 0.132 e. The molecule has 0 atom stereocenters. The standard InChI is InChI=1S/C25H20O/c1-3-19-23(4-2)26-24-16-10-9-15-22(24)25(19)20-13-7-5-11-17(20)18-12-6-8-14-21(18)25/h3-16H,1-2H3/b19-3?,23-4+. The van der Waals surface area contributed by atoms with Crippen LogP contribution in [-0.4, -0.2) is 0 Å². The van der Waals surface area contributed by atoms with Crippen LogP contribution in [-0.2, 0) is 5.41 Å². The molecule has 0 saturated carbocycles. The SMILES string of the molecule is CC=C1/C(=C\C)Oc2ccccc2C12c1ccccc1-c1ccccc12. The van der Waals surface area contributed by atoms with E-state index in [1.165, 1.54) is 33.4 Å². The monoisotopic (exact) mass is 336 g/mol. The molecule has 1 aliphatic carbocycles. The molecule has 1 spiro atoms. The maximum absolute atomic E-state index is 6.29. The van der Waals surface area contributed by atoms with E-state index in [0.717, 1.165) is 11.5 Å². The lowest BCUT2D eigenvalue weighted by atomic mass is 9.65. The fourth-order valence-corrected chi connectivity index (χ4v) is 4.76. The van der Waals surface area contributed by atoms with E-state index in [-0.39, 0.29) is 5.41 Å². The Labute approximate surface area is 154 Å². The molecule has 0 aromatic heterocycles. The minimum absolute atomic E-state index is 0.321. The minimum Gasteiger partial charge on any atom is -0.457 e. The third-order valence-electron chi connectivity index (χ3n) is 5.68. The number of benzene rings is 3. The summed E-state index contributed by atoms with van der Waals surface area (Å²) in [6, 6.07) is 26.0. The van der Waals surface area contributed by atoms with Gasteiger partial charge < -0.3 is 4.74 Å². The Balaban J connectivity index is 2.02. The summed E-state index contributed by atoms with van der Waals surface area (Å²) in [5.74, 6) is 1.88. The maximum Gasteiger partial charge on any atom is 0.132 e. The average Bonchev–Trinajstić information content (AvgIpc) is 3.00. The Morgan fingerprint density at radius 2 is 1.19 bits per heavy atom. The summed E-state index contributed by atoms with van der Waals surface area (Å²) in [7, 11) is 0. The highest BCUT2D eigenvalue weighted by atomic mass is 16.5. The summed E-state index contributed by atoms with van der Waals surface area (Å²) in [6.07, 6.45) is 4.29. The second-order valence-electron chi connectivity index (χ2n) is 6.79. The zero-order valence-corrected chi connectivity index (χ0v) is 15.0. The van der Waals surface area contributed by atoms with Crippen LogP contribution in [0.1, 0.15) is 30.5 Å². The van der Waals surface area contributed by atoms with Gasteiger partial charge in [-0.05, 0) is 48.2 Å². The molecule has 0 unspecified atom stereocenters. The van der Waals surface area contributed by atoms with Crippen LogP contribution in [0.3, 0.4) is 0 Å². The van der Waals surface area contributed by atoms with Gasteiger partial charge in [0.25, 0.3) is 0 Å². The topological polar surface area (TPSA) is 9.23 Å². The van der Waals surface area contributed by atoms with Gasteiger partial charge in [0.15, 0.2) is 0 Å². The summed E-state index contributed by atoms with van der Waals surface area (Å²) in [6.45, 7) is 4.16. The van der Waals surface area contributed by atoms with Gasteiger partial charge in [-0.2, -0.15) is 0 Å². The average molecular weight is 336 g/mol. The Hall–Kier alpha value is -3.06. The summed E-state index contributed by atoms with van der Waals surface area (Å²) < 4.78 is 6.29. The van der Waals surface area contributed by atoms with Crippen molar-refractivity contribution >= 4 is 0 Å². The molecule has 0 bridgehead atoms. The third kappa shape index (κ3) is 1.70. The van der Waals surface area contributed by atoms with Crippen molar-refractivity contribution in [2.75, 3.05) is 0 Å². The third-order valence-corrected chi connectivity index (χ3v) is 5.68. The molecule has 0 radical (unpaired) electrons. The van der Waals surface area contributed by atoms with Crippen LogP contribution in [0.15, 0.2) is 96.3 Å². The van der Waals surface area contributed by atoms with Crippen molar-refractivity contribution in [2.24, 2.45) is 0 Å². The summed E-state index contributed by atoms with van der Waals surface area (Å²) in [5.41, 5.74) is 7.42. The van der Waals surface area contributed by atoms with Crippen molar-refractivity contribution in [2.45, 2.75) is 19.3 Å². The molecule has 0 fully saturated rings. The lowest BCUT2D eigenvalue weighted by Crippen LogP contribution is -2.35. The van der Waals surface area contributed by atoms with Crippen LogP contribution >= 0.6 is 0 Å². The molecule has 5 rings (SSSR count). The van der Waals surface area contributed by atoms with Gasteiger partial charge in [0.05, 0.1) is 5.41 Å². The summed E-state index contributed by atoms with van der Waals surface area (Å²) in [5, 5.41) is 0. The maximum atomic E-state index is 6.29. The highest BCUT2D eigenvalue weighted by Crippen LogP contribution is 2.61. The number of ether oxygens (including phenoxy) is 1. The summed E-state index contributed by atoms with van der Waals surface area (Å²) >= 11 is 0. The molecule has 26 heavy (non-hydrogen) atoms. The van der Waals surface area contributed by atoms with Crippen molar-refractivity contribution in [3.05, 3.63) is 113 Å². The van der Waals surface area contributed by atoms with E-state index in [9.17, 15) is 0 Å². The highest BCUT2D eigenvalue weighted by molar-refractivity contribution is 5.88. The van der Waals surface area contributed by atoms with Crippen molar-refractivity contribution in [3.8, 4) is 16.9 Å². The lowest BCUT2D eigenvalue weighted by molar-refractivity contribution is 0.388. The highest BCUT2D eigenvalue weighted by Gasteiger charge is 2.51. The largest absolute Gasteiger partial charge is 0.457 e. The van der Waals surface area contributed by atoms with Crippen LogP contribution < -0.4 is 4.74 Å². The van der Waals surface area contributed by atoms with Gasteiger partial charge >= 0.3 is 0 Å². The molecule has 3 aromatic carbocycles. The first-order valence-corrected chi connectivity index (χ1v) is 9.12. The van der Waals surface area contributed by atoms with Crippen LogP contribution in [0.5, 0.6) is 5.75 Å². The minimum atomic E-state index is -0.321. The van der Waals surface area contributed by atoms with Crippen LogP contribution in [0.4, 0.5) is 0 Å². The molecule has 0 amide bonds. The number of hydrogen-bond donors (Lipinski definition) is 0. The number of allylic oxidation sites excluding steroid dienone is 3. The van der Waals surface area contributed by atoms with Crippen LogP contribution in [0, 0.1) is 0 Å². The van der Waals surface area contributed by atoms with Gasteiger partial charge in [-0.15, -0.1) is 0 Å². The van der Waals surface area contributed by atoms with E-state index in [4.69, 9.17) is 4.74 Å². The number of hydrogen-bond acceptors (Lipinski definition) is 1. The van der Waals surface area contributed by atoms with Gasteiger partial charge in [0.1, 0.15) is 11.5 Å². The second kappa shape index (κ2) is 5.47. The molecule has 126 valence electrons.